The normalized spacial score (nSPS) is 10.9. The number of fused-ring (bicyclic) bond motifs is 1. The lowest BCUT2D eigenvalue weighted by Crippen LogP contribution is -1.97. The van der Waals surface area contributed by atoms with E-state index in [1.807, 2.05) is 24.3 Å². The summed E-state index contributed by atoms with van der Waals surface area (Å²) >= 11 is 12.0. The highest BCUT2D eigenvalue weighted by Gasteiger charge is 2.13. The molecule has 19 heavy (non-hydrogen) atoms. The van der Waals surface area contributed by atoms with E-state index in [9.17, 15) is 0 Å². The van der Waals surface area contributed by atoms with Crippen LogP contribution < -0.4 is 4.74 Å². The minimum atomic E-state index is 0.216. The largest absolute Gasteiger partial charge is 0.494 e. The summed E-state index contributed by atoms with van der Waals surface area (Å²) in [5.74, 6) is 0.698. The first-order chi connectivity index (χ1) is 9.20. The van der Waals surface area contributed by atoms with Gasteiger partial charge >= 0.3 is 0 Å². The number of hydrogen-bond donors (Lipinski definition) is 0. The molecule has 0 spiro atoms. The van der Waals surface area contributed by atoms with Crippen molar-refractivity contribution in [3.05, 3.63) is 40.8 Å². The zero-order chi connectivity index (χ0) is 13.4. The molecular formula is C12H8Cl2N4O. The molecular weight excluding hydrogens is 287 g/mol. The molecule has 7 heteroatoms. The Balaban J connectivity index is 2.27. The van der Waals surface area contributed by atoms with Gasteiger partial charge in [-0.3, -0.25) is 0 Å². The van der Waals surface area contributed by atoms with E-state index in [-0.39, 0.29) is 10.3 Å². The molecule has 0 N–H and O–H groups in total. The van der Waals surface area contributed by atoms with Crippen LogP contribution in [0.2, 0.25) is 10.3 Å². The van der Waals surface area contributed by atoms with Gasteiger partial charge in [0, 0.05) is 6.20 Å². The molecule has 0 unspecified atom stereocenters. The molecule has 0 aliphatic rings. The van der Waals surface area contributed by atoms with Crippen molar-refractivity contribution in [3.63, 3.8) is 0 Å². The summed E-state index contributed by atoms with van der Waals surface area (Å²) in [6.45, 7) is 0. The number of ether oxygens (including phenoxy) is 1. The molecule has 0 amide bonds. The monoisotopic (exact) mass is 294 g/mol. The summed E-state index contributed by atoms with van der Waals surface area (Å²) in [5.41, 5.74) is 1.29. The van der Waals surface area contributed by atoms with Gasteiger partial charge in [-0.25, -0.2) is 4.68 Å². The van der Waals surface area contributed by atoms with Gasteiger partial charge in [0.2, 0.25) is 0 Å². The smallest absolute Gasteiger partial charge is 0.179 e. The highest BCUT2D eigenvalue weighted by molar-refractivity contribution is 6.37. The number of nitrogens with zero attached hydrogens (tertiary/aromatic N) is 4. The van der Waals surface area contributed by atoms with Gasteiger partial charge in [0.15, 0.2) is 10.3 Å². The van der Waals surface area contributed by atoms with E-state index >= 15 is 0 Å². The maximum absolute atomic E-state index is 5.99. The Morgan fingerprint density at radius 3 is 2.58 bits per heavy atom. The molecule has 2 heterocycles. The van der Waals surface area contributed by atoms with E-state index in [2.05, 4.69) is 15.3 Å². The summed E-state index contributed by atoms with van der Waals surface area (Å²) in [5, 5.41) is 13.0. The van der Waals surface area contributed by atoms with Crippen molar-refractivity contribution in [1.29, 1.82) is 0 Å². The topological polar surface area (TPSA) is 52.8 Å². The summed E-state index contributed by atoms with van der Waals surface area (Å²) in [6.07, 6.45) is 1.75. The van der Waals surface area contributed by atoms with Gasteiger partial charge in [0.25, 0.3) is 0 Å². The molecule has 5 nitrogen and oxygen atoms in total. The van der Waals surface area contributed by atoms with Crippen LogP contribution in [-0.4, -0.2) is 27.1 Å². The molecule has 3 aromatic rings. The highest BCUT2D eigenvalue weighted by Crippen LogP contribution is 2.28. The third kappa shape index (κ3) is 2.01. The fourth-order valence-electron chi connectivity index (χ4n) is 1.81. The standard InChI is InChI=1S/C12H8Cl2N4O/c1-19-9-5-3-2-4-8(9)18-6-7-10(17-18)12(14)16-15-11(7)13/h2-6H,1H3. The Morgan fingerprint density at radius 1 is 1.11 bits per heavy atom. The van der Waals surface area contributed by atoms with Crippen LogP contribution in [0.4, 0.5) is 0 Å². The molecule has 0 bridgehead atoms. The van der Waals surface area contributed by atoms with Gasteiger partial charge in [-0.2, -0.15) is 5.10 Å². The van der Waals surface area contributed by atoms with Crippen LogP contribution in [0.25, 0.3) is 16.6 Å². The molecule has 0 fully saturated rings. The first-order valence-electron chi connectivity index (χ1n) is 5.41. The van der Waals surface area contributed by atoms with Crippen LogP contribution in [-0.2, 0) is 0 Å². The van der Waals surface area contributed by atoms with E-state index in [0.29, 0.717) is 16.7 Å². The van der Waals surface area contributed by atoms with Gasteiger partial charge in [-0.15, -0.1) is 10.2 Å². The Labute approximate surface area is 118 Å². The second-order valence-corrected chi connectivity index (χ2v) is 4.51. The quantitative estimate of drug-likeness (QED) is 0.729. The zero-order valence-corrected chi connectivity index (χ0v) is 11.4. The van der Waals surface area contributed by atoms with E-state index in [4.69, 9.17) is 27.9 Å². The number of halogens is 2. The molecule has 0 aliphatic heterocycles. The lowest BCUT2D eigenvalue weighted by Gasteiger charge is -2.06. The molecule has 0 aliphatic carbocycles. The molecule has 0 saturated heterocycles. The van der Waals surface area contributed by atoms with Crippen molar-refractivity contribution in [3.8, 4) is 11.4 Å². The summed E-state index contributed by atoms with van der Waals surface area (Å²) < 4.78 is 6.94. The first kappa shape index (κ1) is 12.2. The highest BCUT2D eigenvalue weighted by atomic mass is 35.5. The van der Waals surface area contributed by atoms with Crippen LogP contribution in [0, 0.1) is 0 Å². The van der Waals surface area contributed by atoms with Crippen LogP contribution >= 0.6 is 23.2 Å². The Kier molecular flexibility index (Phi) is 3.00. The Bertz CT molecular complexity index is 718. The average Bonchev–Trinajstić information content (AvgIpc) is 2.89. The van der Waals surface area contributed by atoms with Crippen LogP contribution in [0.5, 0.6) is 5.75 Å². The maximum atomic E-state index is 5.99. The van der Waals surface area contributed by atoms with E-state index in [1.165, 1.54) is 0 Å². The lowest BCUT2D eigenvalue weighted by atomic mass is 10.3. The summed E-state index contributed by atoms with van der Waals surface area (Å²) in [7, 11) is 1.60. The van der Waals surface area contributed by atoms with Crippen LogP contribution in [0.15, 0.2) is 30.5 Å². The molecule has 96 valence electrons. The average molecular weight is 295 g/mol. The molecule has 0 saturated carbocycles. The van der Waals surface area contributed by atoms with Gasteiger partial charge in [-0.1, -0.05) is 35.3 Å². The fourth-order valence-corrected chi connectivity index (χ4v) is 2.16. The molecule has 0 atom stereocenters. The number of para-hydroxylation sites is 2. The van der Waals surface area contributed by atoms with Gasteiger partial charge < -0.3 is 4.74 Å². The predicted octanol–water partition coefficient (Wildman–Crippen LogP) is 3.13. The van der Waals surface area contributed by atoms with E-state index in [1.54, 1.807) is 18.0 Å². The molecule has 2 aromatic heterocycles. The molecule has 3 rings (SSSR count). The van der Waals surface area contributed by atoms with Crippen LogP contribution in [0.1, 0.15) is 0 Å². The number of hydrogen-bond acceptors (Lipinski definition) is 4. The Hall–Kier alpha value is -1.85. The van der Waals surface area contributed by atoms with Crippen molar-refractivity contribution >= 4 is 34.1 Å². The second kappa shape index (κ2) is 4.68. The number of methoxy groups -OCH3 is 1. The number of aromatic nitrogens is 4. The van der Waals surface area contributed by atoms with Gasteiger partial charge in [0.1, 0.15) is 17.0 Å². The SMILES string of the molecule is COc1ccccc1-n1cc2c(Cl)nnc(Cl)c2n1. The van der Waals surface area contributed by atoms with Crippen molar-refractivity contribution in [1.82, 2.24) is 20.0 Å². The summed E-state index contributed by atoms with van der Waals surface area (Å²) in [6, 6.07) is 7.51. The molecule has 0 radical (unpaired) electrons. The third-order valence-electron chi connectivity index (χ3n) is 2.69. The van der Waals surface area contributed by atoms with Crippen molar-refractivity contribution in [2.24, 2.45) is 0 Å². The third-order valence-corrected chi connectivity index (χ3v) is 3.22. The lowest BCUT2D eigenvalue weighted by molar-refractivity contribution is 0.412. The fraction of sp³-hybridized carbons (Fsp3) is 0.0833. The number of rotatable bonds is 2. The maximum Gasteiger partial charge on any atom is 0.179 e. The minimum Gasteiger partial charge on any atom is -0.494 e. The first-order valence-corrected chi connectivity index (χ1v) is 6.16. The number of benzene rings is 1. The second-order valence-electron chi connectivity index (χ2n) is 3.79. The zero-order valence-electron chi connectivity index (χ0n) is 9.84. The minimum absolute atomic E-state index is 0.216. The predicted molar refractivity (Wildman–Crippen MR) is 73.2 cm³/mol. The van der Waals surface area contributed by atoms with Crippen molar-refractivity contribution in [2.45, 2.75) is 0 Å². The van der Waals surface area contributed by atoms with E-state index < -0.39 is 0 Å². The Morgan fingerprint density at radius 2 is 1.84 bits per heavy atom. The van der Waals surface area contributed by atoms with Crippen molar-refractivity contribution in [2.75, 3.05) is 7.11 Å². The van der Waals surface area contributed by atoms with Gasteiger partial charge in [0.05, 0.1) is 12.5 Å². The van der Waals surface area contributed by atoms with Crippen LogP contribution in [0.3, 0.4) is 0 Å². The summed E-state index contributed by atoms with van der Waals surface area (Å²) in [4.78, 5) is 0. The molecule has 1 aromatic carbocycles. The van der Waals surface area contributed by atoms with Crippen molar-refractivity contribution < 1.29 is 4.74 Å². The van der Waals surface area contributed by atoms with Gasteiger partial charge in [-0.05, 0) is 12.1 Å². The van der Waals surface area contributed by atoms with E-state index in [0.717, 1.165) is 5.69 Å².